The quantitative estimate of drug-likeness (QED) is 0.413. The van der Waals surface area contributed by atoms with Crippen molar-refractivity contribution in [2.75, 3.05) is 0 Å². The largest absolute Gasteiger partial charge is 1.00 e. The van der Waals surface area contributed by atoms with Crippen LogP contribution >= 0.6 is 0 Å². The van der Waals surface area contributed by atoms with Gasteiger partial charge < -0.3 is 11.6 Å². The molecule has 80 valence electrons. The van der Waals surface area contributed by atoms with Gasteiger partial charge in [0.05, 0.1) is 12.5 Å². The first-order chi connectivity index (χ1) is 6.16. The Labute approximate surface area is 110 Å². The maximum Gasteiger partial charge on any atom is 1.00 e. The number of rotatable bonds is 8. The van der Waals surface area contributed by atoms with Gasteiger partial charge in [-0.05, 0) is 6.42 Å². The number of aliphatic hydroxyl groups excluding tert-OH is 1. The number of hydrogen-bond donors (Lipinski definition) is 2. The Balaban J connectivity index is -0.000000720. The summed E-state index contributed by atoms with van der Waals surface area (Å²) in [5.74, 6) is -0.916. The van der Waals surface area contributed by atoms with Gasteiger partial charge in [-0.25, -0.2) is 0 Å². The van der Waals surface area contributed by atoms with E-state index >= 15 is 0 Å². The molecule has 0 bridgehead atoms. The fraction of sp³-hybridized carbons (Fsp3) is 0.900. The molecule has 0 spiro atoms. The number of carboxylic acids is 1. The molecule has 2 N–H and O–H groups in total. The van der Waals surface area contributed by atoms with Crippen LogP contribution in [0.4, 0.5) is 0 Å². The predicted molar refractivity (Wildman–Crippen MR) is 52.7 cm³/mol. The third-order valence-corrected chi connectivity index (χ3v) is 2.05. The van der Waals surface area contributed by atoms with Gasteiger partial charge in [-0.3, -0.25) is 4.79 Å². The summed E-state index contributed by atoms with van der Waals surface area (Å²) in [5, 5.41) is 17.6. The maximum atomic E-state index is 10.2. The predicted octanol–water partition coefficient (Wildman–Crippen LogP) is -0.701. The second-order valence-corrected chi connectivity index (χ2v) is 3.45. The molecule has 0 saturated heterocycles. The Morgan fingerprint density at radius 1 is 1.29 bits per heavy atom. The smallest absolute Gasteiger partial charge is 1.00 e. The van der Waals surface area contributed by atoms with Crippen molar-refractivity contribution in [2.24, 2.45) is 0 Å². The molecule has 0 aromatic heterocycles. The van der Waals surface area contributed by atoms with Crippen LogP contribution in [-0.4, -0.2) is 22.3 Å². The summed E-state index contributed by atoms with van der Waals surface area (Å²) in [6.45, 7) is 2.15. The van der Waals surface area contributed by atoms with Gasteiger partial charge in [-0.1, -0.05) is 39.0 Å². The van der Waals surface area contributed by atoms with Crippen molar-refractivity contribution in [1.29, 1.82) is 0 Å². The van der Waals surface area contributed by atoms with Gasteiger partial charge in [0.15, 0.2) is 0 Å². The number of aliphatic hydroxyl groups is 1. The summed E-state index contributed by atoms with van der Waals surface area (Å²) in [6, 6.07) is 0. The van der Waals surface area contributed by atoms with Crippen LogP contribution in [0.3, 0.4) is 0 Å². The maximum absolute atomic E-state index is 10.2. The molecule has 0 fully saturated rings. The molecule has 0 rings (SSSR count). The molecule has 1 atom stereocenters. The second kappa shape index (κ2) is 11.5. The van der Waals surface area contributed by atoms with E-state index in [1.54, 1.807) is 0 Å². The van der Waals surface area contributed by atoms with Crippen LogP contribution in [0.15, 0.2) is 0 Å². The molecule has 0 aromatic carbocycles. The minimum atomic E-state index is -0.916. The number of aliphatic carboxylic acids is 1. The number of carboxylic acid groups (broad SMARTS) is 1. The zero-order chi connectivity index (χ0) is 10.1. The Kier molecular flexibility index (Phi) is 13.8. The van der Waals surface area contributed by atoms with Crippen molar-refractivity contribution in [3.05, 3.63) is 0 Å². The van der Waals surface area contributed by atoms with E-state index < -0.39 is 12.1 Å². The first-order valence-corrected chi connectivity index (χ1v) is 5.06. The molecule has 4 heteroatoms. The Morgan fingerprint density at radius 3 is 2.36 bits per heavy atom. The molecule has 0 amide bonds. The van der Waals surface area contributed by atoms with Crippen LogP contribution < -0.4 is 29.6 Å². The summed E-state index contributed by atoms with van der Waals surface area (Å²) >= 11 is 0. The van der Waals surface area contributed by atoms with Crippen molar-refractivity contribution in [3.63, 3.8) is 0 Å². The topological polar surface area (TPSA) is 57.5 Å². The molecular formula is C10H21NaO3. The molecule has 14 heavy (non-hydrogen) atoms. The van der Waals surface area contributed by atoms with Gasteiger partial charge in [0.2, 0.25) is 0 Å². The molecule has 3 nitrogen and oxygen atoms in total. The number of unbranched alkanes of at least 4 members (excludes halogenated alkanes) is 4. The standard InChI is InChI=1S/C10H20O3.Na.H/c1-2-3-4-5-6-7-9(11)8-10(12)13;;/h9,11H,2-8H2,1H3,(H,12,13);;/q;+1;-1. The van der Waals surface area contributed by atoms with E-state index in [9.17, 15) is 9.90 Å². The SMILES string of the molecule is CCCCCCCC(O)CC(=O)O.[H-].[Na+]. The molecule has 0 aliphatic carbocycles. The van der Waals surface area contributed by atoms with Gasteiger partial charge in [-0.2, -0.15) is 0 Å². The molecule has 1 unspecified atom stereocenters. The van der Waals surface area contributed by atoms with Crippen molar-refractivity contribution in [2.45, 2.75) is 58.0 Å². The third-order valence-electron chi connectivity index (χ3n) is 2.05. The van der Waals surface area contributed by atoms with E-state index in [0.29, 0.717) is 6.42 Å². The first kappa shape index (κ1) is 16.8. The summed E-state index contributed by atoms with van der Waals surface area (Å²) < 4.78 is 0. The van der Waals surface area contributed by atoms with Crippen LogP contribution in [0, 0.1) is 0 Å². The van der Waals surface area contributed by atoms with Gasteiger partial charge in [-0.15, -0.1) is 0 Å². The van der Waals surface area contributed by atoms with Crippen LogP contribution in [0.1, 0.15) is 53.3 Å². The van der Waals surface area contributed by atoms with Crippen LogP contribution in [0.2, 0.25) is 0 Å². The first-order valence-electron chi connectivity index (χ1n) is 5.06. The number of carbonyl (C=O) groups is 1. The Hall–Kier alpha value is 0.430. The van der Waals surface area contributed by atoms with E-state index in [-0.39, 0.29) is 37.4 Å². The number of hydrogen-bond acceptors (Lipinski definition) is 2. The average molecular weight is 212 g/mol. The molecule has 0 saturated carbocycles. The summed E-state index contributed by atoms with van der Waals surface area (Å²) in [7, 11) is 0. The summed E-state index contributed by atoms with van der Waals surface area (Å²) in [5.41, 5.74) is 0. The van der Waals surface area contributed by atoms with Crippen LogP contribution in [-0.2, 0) is 4.79 Å². The van der Waals surface area contributed by atoms with Gasteiger partial charge >= 0.3 is 35.5 Å². The van der Waals surface area contributed by atoms with Crippen LogP contribution in [0.25, 0.3) is 0 Å². The van der Waals surface area contributed by atoms with Gasteiger partial charge in [0.25, 0.3) is 0 Å². The molecule has 0 radical (unpaired) electrons. The molecule has 0 aliphatic rings. The van der Waals surface area contributed by atoms with E-state index in [2.05, 4.69) is 6.92 Å². The summed E-state index contributed by atoms with van der Waals surface area (Å²) in [4.78, 5) is 10.2. The molecule has 0 aromatic rings. The van der Waals surface area contributed by atoms with E-state index in [0.717, 1.165) is 12.8 Å². The normalized spacial score (nSPS) is 11.9. The van der Waals surface area contributed by atoms with E-state index in [1.807, 2.05) is 0 Å². The van der Waals surface area contributed by atoms with E-state index in [4.69, 9.17) is 5.11 Å². The second-order valence-electron chi connectivity index (χ2n) is 3.45. The Bertz CT molecular complexity index is 145. The molecular weight excluding hydrogens is 191 g/mol. The zero-order valence-electron chi connectivity index (χ0n) is 10.3. The molecule has 0 heterocycles. The van der Waals surface area contributed by atoms with Crippen LogP contribution in [0.5, 0.6) is 0 Å². The fourth-order valence-corrected chi connectivity index (χ4v) is 1.29. The van der Waals surface area contributed by atoms with Crippen molar-refractivity contribution in [1.82, 2.24) is 0 Å². The summed E-state index contributed by atoms with van der Waals surface area (Å²) in [6.07, 6.45) is 5.52. The zero-order valence-corrected chi connectivity index (χ0v) is 11.3. The average Bonchev–Trinajstić information content (AvgIpc) is 2.02. The van der Waals surface area contributed by atoms with Crippen molar-refractivity contribution in [3.8, 4) is 0 Å². The van der Waals surface area contributed by atoms with E-state index in [1.165, 1.54) is 19.3 Å². The molecule has 0 aliphatic heterocycles. The fourth-order valence-electron chi connectivity index (χ4n) is 1.29. The van der Waals surface area contributed by atoms with Gasteiger partial charge in [0, 0.05) is 0 Å². The monoisotopic (exact) mass is 212 g/mol. The van der Waals surface area contributed by atoms with Crippen molar-refractivity contribution >= 4 is 5.97 Å². The minimum Gasteiger partial charge on any atom is -1.00 e. The third kappa shape index (κ3) is 12.4. The Morgan fingerprint density at radius 2 is 1.86 bits per heavy atom. The van der Waals surface area contributed by atoms with Gasteiger partial charge in [0.1, 0.15) is 0 Å². The minimum absolute atomic E-state index is 0. The van der Waals surface area contributed by atoms with Crippen molar-refractivity contribution < 1.29 is 46.0 Å².